The van der Waals surface area contributed by atoms with E-state index in [-0.39, 0.29) is 0 Å². The molecule has 74 valence electrons. The van der Waals surface area contributed by atoms with Crippen molar-refractivity contribution in [1.29, 1.82) is 0 Å². The maximum atomic E-state index is 3.49. The van der Waals surface area contributed by atoms with Gasteiger partial charge in [-0.15, -0.1) is 0 Å². The maximum Gasteiger partial charge on any atom is 0.0462 e. The molecule has 1 N–H and O–H groups in total. The lowest BCUT2D eigenvalue weighted by atomic mass is 10.1. The number of aromatic nitrogens is 1. The maximum absolute atomic E-state index is 3.49. The van der Waals surface area contributed by atoms with Crippen LogP contribution >= 0.6 is 15.9 Å². The highest BCUT2D eigenvalue weighted by atomic mass is 79.9. The number of nitrogens with one attached hydrogen (secondary N) is 1. The quantitative estimate of drug-likeness (QED) is 0.617. The van der Waals surface area contributed by atoms with Crippen LogP contribution in [0.4, 0.5) is 0 Å². The Hall–Kier alpha value is -1.28. The summed E-state index contributed by atoms with van der Waals surface area (Å²) >= 11 is 3.49. The van der Waals surface area contributed by atoms with Gasteiger partial charge in [0.05, 0.1) is 0 Å². The van der Waals surface area contributed by atoms with Crippen molar-refractivity contribution in [3.05, 3.63) is 46.6 Å². The van der Waals surface area contributed by atoms with Gasteiger partial charge in [0.15, 0.2) is 0 Å². The van der Waals surface area contributed by atoms with Crippen LogP contribution in [0.5, 0.6) is 0 Å². The fourth-order valence-corrected chi connectivity index (χ4v) is 2.43. The van der Waals surface area contributed by atoms with Crippen LogP contribution in [0.2, 0.25) is 0 Å². The van der Waals surface area contributed by atoms with Crippen LogP contribution < -0.4 is 0 Å². The number of fused-ring (bicyclic) bond motifs is 3. The minimum Gasteiger partial charge on any atom is -0.359 e. The van der Waals surface area contributed by atoms with Crippen LogP contribution in [0.25, 0.3) is 21.7 Å². The molecule has 2 heteroatoms. The number of aromatic amines is 1. The van der Waals surface area contributed by atoms with E-state index in [0.29, 0.717) is 0 Å². The molecule has 0 fully saturated rings. The number of H-pyrrole nitrogens is 1. The van der Waals surface area contributed by atoms with Crippen molar-refractivity contribution in [2.24, 2.45) is 0 Å². The fourth-order valence-electron chi connectivity index (χ4n) is 2.05. The lowest BCUT2D eigenvalue weighted by Gasteiger charge is -1.99. The second-order valence-corrected chi connectivity index (χ2v) is 4.76. The van der Waals surface area contributed by atoms with Crippen molar-refractivity contribution in [3.8, 4) is 0 Å². The lowest BCUT2D eigenvalue weighted by Crippen LogP contribution is -1.74. The molecule has 0 saturated heterocycles. The fraction of sp³-hybridized carbons (Fsp3) is 0.0769. The highest BCUT2D eigenvalue weighted by Gasteiger charge is 2.02. The van der Waals surface area contributed by atoms with Gasteiger partial charge in [-0.3, -0.25) is 0 Å². The molecule has 1 nitrogen and oxygen atoms in total. The van der Waals surface area contributed by atoms with Crippen molar-refractivity contribution in [3.63, 3.8) is 0 Å². The summed E-state index contributed by atoms with van der Waals surface area (Å²) in [7, 11) is 0. The zero-order valence-corrected chi connectivity index (χ0v) is 9.93. The van der Waals surface area contributed by atoms with E-state index >= 15 is 0 Å². The molecule has 1 aromatic heterocycles. The van der Waals surface area contributed by atoms with Gasteiger partial charge in [0.1, 0.15) is 0 Å². The molecular formula is C13H10BrN. The summed E-state index contributed by atoms with van der Waals surface area (Å²) in [6.07, 6.45) is 0. The zero-order valence-electron chi connectivity index (χ0n) is 8.34. The Morgan fingerprint density at radius 2 is 1.87 bits per heavy atom. The summed E-state index contributed by atoms with van der Waals surface area (Å²) in [5.41, 5.74) is 2.42. The number of benzene rings is 2. The van der Waals surface area contributed by atoms with Crippen molar-refractivity contribution in [2.45, 2.75) is 6.92 Å². The zero-order chi connectivity index (χ0) is 10.4. The van der Waals surface area contributed by atoms with E-state index in [1.165, 1.54) is 27.4 Å². The summed E-state index contributed by atoms with van der Waals surface area (Å²) in [6, 6.07) is 12.9. The second kappa shape index (κ2) is 3.11. The van der Waals surface area contributed by atoms with Gasteiger partial charge in [-0.05, 0) is 42.0 Å². The van der Waals surface area contributed by atoms with E-state index in [4.69, 9.17) is 0 Å². The third-order valence-electron chi connectivity index (χ3n) is 2.72. The molecule has 1 heterocycles. The van der Waals surface area contributed by atoms with Crippen LogP contribution in [0.15, 0.2) is 40.9 Å². The molecule has 0 aliphatic rings. The van der Waals surface area contributed by atoms with Gasteiger partial charge in [0, 0.05) is 21.1 Å². The van der Waals surface area contributed by atoms with Crippen LogP contribution in [0.3, 0.4) is 0 Å². The van der Waals surface area contributed by atoms with Gasteiger partial charge in [0.2, 0.25) is 0 Å². The molecule has 0 unspecified atom stereocenters. The lowest BCUT2D eigenvalue weighted by molar-refractivity contribution is 1.30. The first-order valence-electron chi connectivity index (χ1n) is 4.92. The van der Waals surface area contributed by atoms with Crippen molar-refractivity contribution < 1.29 is 0 Å². The number of hydrogen-bond acceptors (Lipinski definition) is 0. The average Bonchev–Trinajstić information content (AvgIpc) is 2.58. The molecular weight excluding hydrogens is 250 g/mol. The SMILES string of the molecule is Cc1cc2c(ccc3cc(Br)ccc32)[nH]1. The molecule has 15 heavy (non-hydrogen) atoms. The Morgan fingerprint density at radius 1 is 1.00 bits per heavy atom. The largest absolute Gasteiger partial charge is 0.359 e. The molecule has 0 radical (unpaired) electrons. The molecule has 3 aromatic rings. The second-order valence-electron chi connectivity index (χ2n) is 3.84. The van der Waals surface area contributed by atoms with Crippen LogP contribution in [0, 0.1) is 6.92 Å². The van der Waals surface area contributed by atoms with Crippen molar-refractivity contribution in [2.75, 3.05) is 0 Å². The van der Waals surface area contributed by atoms with Crippen molar-refractivity contribution in [1.82, 2.24) is 4.98 Å². The monoisotopic (exact) mass is 259 g/mol. The normalized spacial score (nSPS) is 11.3. The Bertz CT molecular complexity index is 652. The van der Waals surface area contributed by atoms with Crippen molar-refractivity contribution >= 4 is 37.6 Å². The van der Waals surface area contributed by atoms with Gasteiger partial charge in [-0.2, -0.15) is 0 Å². The van der Waals surface area contributed by atoms with E-state index in [0.717, 1.165) is 4.47 Å². The smallest absolute Gasteiger partial charge is 0.0462 e. The Labute approximate surface area is 96.2 Å². The van der Waals surface area contributed by atoms with Gasteiger partial charge >= 0.3 is 0 Å². The highest BCUT2D eigenvalue weighted by molar-refractivity contribution is 9.10. The summed E-state index contributed by atoms with van der Waals surface area (Å²) in [5, 5.41) is 3.88. The summed E-state index contributed by atoms with van der Waals surface area (Å²) in [4.78, 5) is 3.35. The molecule has 3 rings (SSSR count). The topological polar surface area (TPSA) is 15.8 Å². The molecule has 0 aliphatic heterocycles. The molecule has 0 saturated carbocycles. The summed E-state index contributed by atoms with van der Waals surface area (Å²) in [5.74, 6) is 0. The predicted octanol–water partition coefficient (Wildman–Crippen LogP) is 4.39. The first-order chi connectivity index (χ1) is 7.24. The van der Waals surface area contributed by atoms with Gasteiger partial charge in [-0.25, -0.2) is 0 Å². The average molecular weight is 260 g/mol. The molecule has 2 aromatic carbocycles. The Balaban J connectivity index is 2.53. The minimum absolute atomic E-state index is 1.13. The van der Waals surface area contributed by atoms with Gasteiger partial charge in [-0.1, -0.05) is 28.1 Å². The standard InChI is InChI=1S/C13H10BrN/c1-8-6-12-11-4-3-10(14)7-9(11)2-5-13(12)15-8/h2-7,15H,1H3. The molecule has 0 spiro atoms. The third kappa shape index (κ3) is 1.37. The molecule has 0 aliphatic carbocycles. The van der Waals surface area contributed by atoms with E-state index < -0.39 is 0 Å². The first kappa shape index (κ1) is 8.98. The van der Waals surface area contributed by atoms with Crippen LogP contribution in [-0.4, -0.2) is 4.98 Å². The highest BCUT2D eigenvalue weighted by Crippen LogP contribution is 2.27. The number of aryl methyl sites for hydroxylation is 1. The van der Waals surface area contributed by atoms with Crippen LogP contribution in [0.1, 0.15) is 5.69 Å². The Kier molecular flexibility index (Phi) is 1.86. The minimum atomic E-state index is 1.13. The van der Waals surface area contributed by atoms with E-state index in [9.17, 15) is 0 Å². The van der Waals surface area contributed by atoms with E-state index in [1.807, 2.05) is 0 Å². The third-order valence-corrected chi connectivity index (χ3v) is 3.21. The van der Waals surface area contributed by atoms with E-state index in [2.05, 4.69) is 64.2 Å². The number of hydrogen-bond donors (Lipinski definition) is 1. The predicted molar refractivity (Wildman–Crippen MR) is 68.2 cm³/mol. The number of halogens is 1. The van der Waals surface area contributed by atoms with Gasteiger partial charge in [0.25, 0.3) is 0 Å². The molecule has 0 bridgehead atoms. The van der Waals surface area contributed by atoms with E-state index in [1.54, 1.807) is 0 Å². The summed E-state index contributed by atoms with van der Waals surface area (Å²) < 4.78 is 1.13. The summed E-state index contributed by atoms with van der Waals surface area (Å²) in [6.45, 7) is 2.09. The molecule has 0 atom stereocenters. The van der Waals surface area contributed by atoms with Crippen LogP contribution in [-0.2, 0) is 0 Å². The number of rotatable bonds is 0. The first-order valence-corrected chi connectivity index (χ1v) is 5.71. The van der Waals surface area contributed by atoms with Gasteiger partial charge < -0.3 is 4.98 Å². The molecule has 0 amide bonds. The Morgan fingerprint density at radius 3 is 2.73 bits per heavy atom.